The number of nitrogens with two attached hydrogens (primary N) is 1. The molecule has 1 amide bonds. The monoisotopic (exact) mass is 329 g/mol. The van der Waals surface area contributed by atoms with E-state index in [1.807, 2.05) is 24.3 Å². The number of primary amides is 1. The Hall–Kier alpha value is -2.67. The third-order valence-corrected chi connectivity index (χ3v) is 4.17. The Balaban J connectivity index is 1.63. The summed E-state index contributed by atoms with van der Waals surface area (Å²) in [6.45, 7) is 0. The van der Waals surface area contributed by atoms with Crippen LogP contribution >= 0.6 is 0 Å². The highest BCUT2D eigenvalue weighted by Crippen LogP contribution is 2.16. The van der Waals surface area contributed by atoms with Crippen molar-refractivity contribution in [1.29, 1.82) is 0 Å². The van der Waals surface area contributed by atoms with E-state index in [2.05, 4.69) is 9.97 Å². The van der Waals surface area contributed by atoms with Crippen LogP contribution in [0.3, 0.4) is 0 Å². The molecule has 3 rings (SSSR count). The minimum atomic E-state index is -1.39. The van der Waals surface area contributed by atoms with Crippen LogP contribution < -0.4 is 10.5 Å². The van der Waals surface area contributed by atoms with Crippen LogP contribution in [-0.2, 0) is 22.0 Å². The van der Waals surface area contributed by atoms with Crippen LogP contribution in [0.2, 0.25) is 0 Å². The number of hydrogen-bond donors (Lipinski definition) is 2. The molecule has 118 valence electrons. The van der Waals surface area contributed by atoms with E-state index in [9.17, 15) is 9.00 Å². The quantitative estimate of drug-likeness (QED) is 0.719. The normalized spacial score (nSPS) is 12.2. The summed E-state index contributed by atoms with van der Waals surface area (Å²) in [6, 6.07) is 14.4. The van der Waals surface area contributed by atoms with Crippen LogP contribution in [0.4, 0.5) is 0 Å². The average molecular weight is 329 g/mol. The van der Waals surface area contributed by atoms with Gasteiger partial charge < -0.3 is 15.5 Å². The van der Waals surface area contributed by atoms with Gasteiger partial charge in [-0.2, -0.15) is 0 Å². The van der Waals surface area contributed by atoms with Crippen molar-refractivity contribution >= 4 is 27.7 Å². The maximum absolute atomic E-state index is 12.2. The lowest BCUT2D eigenvalue weighted by atomic mass is 10.1. The number of rotatable bonds is 6. The van der Waals surface area contributed by atoms with Gasteiger partial charge in [0.25, 0.3) is 0 Å². The SMILES string of the molecule is NC(=O)Cc1ccc(OCS(=O)c2nc3ccccc3[nH]2)cc1. The number of benzene rings is 2. The molecule has 0 saturated heterocycles. The Morgan fingerprint density at radius 2 is 1.91 bits per heavy atom. The van der Waals surface area contributed by atoms with Crippen molar-refractivity contribution in [3.05, 3.63) is 54.1 Å². The lowest BCUT2D eigenvalue weighted by Gasteiger charge is -2.05. The van der Waals surface area contributed by atoms with Gasteiger partial charge in [-0.25, -0.2) is 9.19 Å². The van der Waals surface area contributed by atoms with Crippen molar-refractivity contribution < 1.29 is 13.7 Å². The molecule has 0 spiro atoms. The molecule has 0 aliphatic rings. The first-order chi connectivity index (χ1) is 11.1. The zero-order chi connectivity index (χ0) is 16.2. The summed E-state index contributed by atoms with van der Waals surface area (Å²) < 4.78 is 17.7. The van der Waals surface area contributed by atoms with Crippen molar-refractivity contribution in [2.45, 2.75) is 11.6 Å². The number of imidazole rings is 1. The van der Waals surface area contributed by atoms with E-state index < -0.39 is 10.8 Å². The molecule has 3 aromatic rings. The van der Waals surface area contributed by atoms with Gasteiger partial charge in [0.1, 0.15) is 16.5 Å². The Morgan fingerprint density at radius 1 is 1.17 bits per heavy atom. The molecular weight excluding hydrogens is 314 g/mol. The molecule has 1 unspecified atom stereocenters. The topological polar surface area (TPSA) is 98.1 Å². The molecule has 1 atom stereocenters. The summed E-state index contributed by atoms with van der Waals surface area (Å²) >= 11 is 0. The number of aromatic amines is 1. The first-order valence-corrected chi connectivity index (χ1v) is 8.27. The number of carbonyl (C=O) groups is 1. The van der Waals surface area contributed by atoms with Crippen molar-refractivity contribution in [2.75, 3.05) is 5.94 Å². The maximum Gasteiger partial charge on any atom is 0.221 e. The largest absolute Gasteiger partial charge is 0.480 e. The molecule has 6 nitrogen and oxygen atoms in total. The van der Waals surface area contributed by atoms with Crippen LogP contribution in [0.15, 0.2) is 53.7 Å². The molecule has 2 aromatic carbocycles. The number of aromatic nitrogens is 2. The van der Waals surface area contributed by atoms with Crippen LogP contribution in [0.25, 0.3) is 11.0 Å². The van der Waals surface area contributed by atoms with Gasteiger partial charge in [-0.3, -0.25) is 4.79 Å². The van der Waals surface area contributed by atoms with Crippen LogP contribution in [-0.4, -0.2) is 26.0 Å². The number of hydrogen-bond acceptors (Lipinski definition) is 4. The van der Waals surface area contributed by atoms with Crippen LogP contribution in [0, 0.1) is 0 Å². The number of carbonyl (C=O) groups excluding carboxylic acids is 1. The third-order valence-electron chi connectivity index (χ3n) is 3.22. The number of fused-ring (bicyclic) bond motifs is 1. The van der Waals surface area contributed by atoms with Crippen LogP contribution in [0.5, 0.6) is 5.75 Å². The maximum atomic E-state index is 12.2. The lowest BCUT2D eigenvalue weighted by Crippen LogP contribution is -2.13. The molecular formula is C16H15N3O3S. The van der Waals surface area contributed by atoms with Crippen LogP contribution in [0.1, 0.15) is 5.56 Å². The van der Waals surface area contributed by atoms with E-state index >= 15 is 0 Å². The predicted molar refractivity (Wildman–Crippen MR) is 87.3 cm³/mol. The summed E-state index contributed by atoms with van der Waals surface area (Å²) in [4.78, 5) is 18.1. The second-order valence-electron chi connectivity index (χ2n) is 4.95. The minimum Gasteiger partial charge on any atom is -0.480 e. The lowest BCUT2D eigenvalue weighted by molar-refractivity contribution is -0.117. The zero-order valence-corrected chi connectivity index (χ0v) is 13.0. The number of H-pyrrole nitrogens is 1. The summed E-state index contributed by atoms with van der Waals surface area (Å²) in [5.41, 5.74) is 7.55. The molecule has 0 aliphatic carbocycles. The standard InChI is InChI=1S/C16H15N3O3S/c17-15(20)9-11-5-7-12(8-6-11)22-10-23(21)16-18-13-3-1-2-4-14(13)19-16/h1-8H,9-10H2,(H2,17,20)(H,18,19). The van der Waals surface area contributed by atoms with Gasteiger partial charge in [-0.15, -0.1) is 0 Å². The smallest absolute Gasteiger partial charge is 0.221 e. The Labute approximate surface area is 135 Å². The third kappa shape index (κ3) is 3.75. The van der Waals surface area contributed by atoms with Crippen molar-refractivity contribution in [3.63, 3.8) is 0 Å². The fraction of sp³-hybridized carbons (Fsp3) is 0.125. The fourth-order valence-electron chi connectivity index (χ4n) is 2.12. The van der Waals surface area contributed by atoms with E-state index in [0.29, 0.717) is 10.9 Å². The number of nitrogens with zero attached hydrogens (tertiary/aromatic N) is 1. The summed E-state index contributed by atoms with van der Waals surface area (Å²) in [5, 5.41) is 0.386. The van der Waals surface area contributed by atoms with Gasteiger partial charge in [0, 0.05) is 0 Å². The molecule has 0 radical (unpaired) electrons. The molecule has 0 bridgehead atoms. The Kier molecular flexibility index (Phi) is 4.38. The predicted octanol–water partition coefficient (Wildman–Crippen LogP) is 1.73. The Morgan fingerprint density at radius 3 is 2.61 bits per heavy atom. The number of ether oxygens (including phenoxy) is 1. The van der Waals surface area contributed by atoms with Gasteiger partial charge in [0.2, 0.25) is 11.1 Å². The highest BCUT2D eigenvalue weighted by atomic mass is 32.2. The summed E-state index contributed by atoms with van der Waals surface area (Å²) in [7, 11) is -1.39. The van der Waals surface area contributed by atoms with E-state index in [0.717, 1.165) is 16.6 Å². The van der Waals surface area contributed by atoms with E-state index in [-0.39, 0.29) is 18.3 Å². The molecule has 0 fully saturated rings. The van der Waals surface area contributed by atoms with Crippen molar-refractivity contribution in [1.82, 2.24) is 9.97 Å². The average Bonchev–Trinajstić information content (AvgIpc) is 2.97. The second-order valence-corrected chi connectivity index (χ2v) is 6.27. The van der Waals surface area contributed by atoms with Crippen molar-refractivity contribution in [2.24, 2.45) is 5.73 Å². The van der Waals surface area contributed by atoms with Gasteiger partial charge in [0.15, 0.2) is 5.94 Å². The molecule has 1 aromatic heterocycles. The highest BCUT2D eigenvalue weighted by Gasteiger charge is 2.10. The second kappa shape index (κ2) is 6.62. The fourth-order valence-corrected chi connectivity index (χ4v) is 2.90. The molecule has 0 aliphatic heterocycles. The number of amides is 1. The highest BCUT2D eigenvalue weighted by molar-refractivity contribution is 7.84. The number of para-hydroxylation sites is 2. The molecule has 23 heavy (non-hydrogen) atoms. The summed E-state index contributed by atoms with van der Waals surface area (Å²) in [5.74, 6) is 0.182. The van der Waals surface area contributed by atoms with Gasteiger partial charge in [0.05, 0.1) is 17.5 Å². The zero-order valence-electron chi connectivity index (χ0n) is 12.2. The first kappa shape index (κ1) is 15.2. The van der Waals surface area contributed by atoms with Gasteiger partial charge in [-0.05, 0) is 29.8 Å². The van der Waals surface area contributed by atoms with E-state index in [4.69, 9.17) is 10.5 Å². The Bertz CT molecular complexity index is 825. The molecule has 3 N–H and O–H groups in total. The van der Waals surface area contributed by atoms with E-state index in [1.165, 1.54) is 0 Å². The molecule has 1 heterocycles. The van der Waals surface area contributed by atoms with Crippen molar-refractivity contribution in [3.8, 4) is 5.75 Å². The number of nitrogens with one attached hydrogen (secondary N) is 1. The van der Waals surface area contributed by atoms with Gasteiger partial charge >= 0.3 is 0 Å². The van der Waals surface area contributed by atoms with E-state index in [1.54, 1.807) is 24.3 Å². The molecule has 0 saturated carbocycles. The minimum absolute atomic E-state index is 0.00497. The molecule has 7 heteroatoms. The van der Waals surface area contributed by atoms with Gasteiger partial charge in [-0.1, -0.05) is 24.3 Å². The first-order valence-electron chi connectivity index (χ1n) is 6.95. The summed E-state index contributed by atoms with van der Waals surface area (Å²) in [6.07, 6.45) is 0.186.